The highest BCUT2D eigenvalue weighted by Gasteiger charge is 2.14. The summed E-state index contributed by atoms with van der Waals surface area (Å²) in [5.74, 6) is 0.944. The predicted molar refractivity (Wildman–Crippen MR) is 88.8 cm³/mol. The Labute approximate surface area is 137 Å². The van der Waals surface area contributed by atoms with Crippen molar-refractivity contribution < 1.29 is 19.1 Å². The van der Waals surface area contributed by atoms with Crippen molar-refractivity contribution in [2.45, 2.75) is 26.7 Å². The minimum atomic E-state index is -0.248. The Morgan fingerprint density at radius 3 is 2.30 bits per heavy atom. The van der Waals surface area contributed by atoms with Gasteiger partial charge in [0.2, 0.25) is 11.8 Å². The molecule has 0 aliphatic carbocycles. The fraction of sp³-hybridized carbons (Fsp3) is 0.529. The van der Waals surface area contributed by atoms with Crippen molar-refractivity contribution >= 4 is 11.8 Å². The lowest BCUT2D eigenvalue weighted by Gasteiger charge is -2.18. The van der Waals surface area contributed by atoms with Gasteiger partial charge in [-0.25, -0.2) is 0 Å². The summed E-state index contributed by atoms with van der Waals surface area (Å²) in [5.41, 5.74) is 1.03. The molecule has 128 valence electrons. The summed E-state index contributed by atoms with van der Waals surface area (Å²) in [5, 5.41) is 2.77. The second kappa shape index (κ2) is 9.71. The monoisotopic (exact) mass is 322 g/mol. The van der Waals surface area contributed by atoms with Gasteiger partial charge in [-0.15, -0.1) is 0 Å². The van der Waals surface area contributed by atoms with Crippen LogP contribution in [0.1, 0.15) is 25.8 Å². The zero-order chi connectivity index (χ0) is 17.2. The molecule has 1 N–H and O–H groups in total. The molecular weight excluding hydrogens is 296 g/mol. The normalized spacial score (nSPS) is 10.1. The quantitative estimate of drug-likeness (QED) is 0.702. The van der Waals surface area contributed by atoms with Gasteiger partial charge in [-0.2, -0.15) is 0 Å². The van der Waals surface area contributed by atoms with Crippen molar-refractivity contribution in [1.29, 1.82) is 0 Å². The summed E-state index contributed by atoms with van der Waals surface area (Å²) >= 11 is 0. The molecule has 0 unspecified atom stereocenters. The van der Waals surface area contributed by atoms with Gasteiger partial charge in [0.05, 0.1) is 14.2 Å². The molecule has 23 heavy (non-hydrogen) atoms. The predicted octanol–water partition coefficient (Wildman–Crippen LogP) is 1.62. The summed E-state index contributed by atoms with van der Waals surface area (Å²) in [6.45, 7) is 5.51. The summed E-state index contributed by atoms with van der Waals surface area (Å²) in [6, 6.07) is 5.64. The number of carbonyl (C=O) groups is 2. The largest absolute Gasteiger partial charge is 0.493 e. The standard InChI is InChI=1S/C17H26N2O4/c1-5-19(6-2)17(21)12-16(20)18-10-9-13-7-8-14(22-3)15(11-13)23-4/h7-8,11H,5-6,9-10,12H2,1-4H3,(H,18,20). The molecule has 0 atom stereocenters. The number of hydrogen-bond donors (Lipinski definition) is 1. The Morgan fingerprint density at radius 2 is 1.74 bits per heavy atom. The van der Waals surface area contributed by atoms with Crippen molar-refractivity contribution in [2.24, 2.45) is 0 Å². The molecule has 0 fully saturated rings. The van der Waals surface area contributed by atoms with E-state index in [1.807, 2.05) is 32.0 Å². The first-order chi connectivity index (χ1) is 11.0. The first kappa shape index (κ1) is 18.8. The summed E-state index contributed by atoms with van der Waals surface area (Å²) in [6.07, 6.45) is 0.555. The molecule has 0 heterocycles. The lowest BCUT2D eigenvalue weighted by atomic mass is 10.1. The van der Waals surface area contributed by atoms with Crippen molar-refractivity contribution in [3.8, 4) is 11.5 Å². The van der Waals surface area contributed by atoms with E-state index in [4.69, 9.17) is 9.47 Å². The van der Waals surface area contributed by atoms with E-state index in [0.717, 1.165) is 5.56 Å². The van der Waals surface area contributed by atoms with Crippen LogP contribution < -0.4 is 14.8 Å². The first-order valence-corrected chi connectivity index (χ1v) is 7.81. The van der Waals surface area contributed by atoms with Gasteiger partial charge in [0.25, 0.3) is 0 Å². The van der Waals surface area contributed by atoms with Crippen LogP contribution >= 0.6 is 0 Å². The van der Waals surface area contributed by atoms with Crippen LogP contribution in [0.25, 0.3) is 0 Å². The number of ether oxygens (including phenoxy) is 2. The van der Waals surface area contributed by atoms with Crippen molar-refractivity contribution in [3.05, 3.63) is 23.8 Å². The van der Waals surface area contributed by atoms with Gasteiger partial charge in [-0.3, -0.25) is 9.59 Å². The smallest absolute Gasteiger partial charge is 0.231 e. The van der Waals surface area contributed by atoms with E-state index in [1.54, 1.807) is 19.1 Å². The van der Waals surface area contributed by atoms with Crippen LogP contribution in [-0.2, 0) is 16.0 Å². The zero-order valence-electron chi connectivity index (χ0n) is 14.3. The van der Waals surface area contributed by atoms with Crippen molar-refractivity contribution in [2.75, 3.05) is 33.9 Å². The van der Waals surface area contributed by atoms with Crippen LogP contribution in [0.5, 0.6) is 11.5 Å². The highest BCUT2D eigenvalue weighted by molar-refractivity contribution is 5.96. The minimum absolute atomic E-state index is 0.104. The lowest BCUT2D eigenvalue weighted by molar-refractivity contribution is -0.135. The van der Waals surface area contributed by atoms with Gasteiger partial charge >= 0.3 is 0 Å². The minimum Gasteiger partial charge on any atom is -0.493 e. The molecule has 1 rings (SSSR count). The average Bonchev–Trinajstić information content (AvgIpc) is 2.55. The molecule has 0 aliphatic rings. The fourth-order valence-electron chi connectivity index (χ4n) is 2.27. The van der Waals surface area contributed by atoms with Gasteiger partial charge in [0, 0.05) is 19.6 Å². The van der Waals surface area contributed by atoms with Crippen LogP contribution in [0, 0.1) is 0 Å². The van der Waals surface area contributed by atoms with Crippen molar-refractivity contribution in [3.63, 3.8) is 0 Å². The zero-order valence-corrected chi connectivity index (χ0v) is 14.3. The molecule has 0 saturated carbocycles. The van der Waals surface area contributed by atoms with Crippen LogP contribution in [0.3, 0.4) is 0 Å². The lowest BCUT2D eigenvalue weighted by Crippen LogP contribution is -2.36. The van der Waals surface area contributed by atoms with Crippen LogP contribution in [0.2, 0.25) is 0 Å². The highest BCUT2D eigenvalue weighted by atomic mass is 16.5. The second-order valence-corrected chi connectivity index (χ2v) is 5.03. The van der Waals surface area contributed by atoms with Gasteiger partial charge in [0.1, 0.15) is 6.42 Å². The number of amides is 2. The summed E-state index contributed by atoms with van der Waals surface area (Å²) in [4.78, 5) is 25.3. The van der Waals surface area contributed by atoms with Gasteiger partial charge < -0.3 is 19.7 Å². The molecule has 0 radical (unpaired) electrons. The maximum absolute atomic E-state index is 11.8. The Hall–Kier alpha value is -2.24. The van der Waals surface area contributed by atoms with E-state index in [2.05, 4.69) is 5.32 Å². The first-order valence-electron chi connectivity index (χ1n) is 7.81. The number of nitrogens with one attached hydrogen (secondary N) is 1. The number of rotatable bonds is 9. The maximum atomic E-state index is 11.8. The van der Waals surface area contributed by atoms with E-state index in [1.165, 1.54) is 0 Å². The van der Waals surface area contributed by atoms with E-state index in [-0.39, 0.29) is 18.2 Å². The Morgan fingerprint density at radius 1 is 1.09 bits per heavy atom. The second-order valence-electron chi connectivity index (χ2n) is 5.03. The molecule has 1 aromatic rings. The van der Waals surface area contributed by atoms with Crippen LogP contribution in [0.4, 0.5) is 0 Å². The Kier molecular flexibility index (Phi) is 7.94. The van der Waals surface area contributed by atoms with E-state index in [0.29, 0.717) is 37.6 Å². The number of nitrogens with zero attached hydrogens (tertiary/aromatic N) is 1. The Balaban J connectivity index is 2.44. The van der Waals surface area contributed by atoms with Crippen molar-refractivity contribution in [1.82, 2.24) is 10.2 Å². The maximum Gasteiger partial charge on any atom is 0.231 e. The molecule has 0 aromatic heterocycles. The number of benzene rings is 1. The molecule has 6 heteroatoms. The molecule has 1 aromatic carbocycles. The van der Waals surface area contributed by atoms with Crippen LogP contribution in [0.15, 0.2) is 18.2 Å². The van der Waals surface area contributed by atoms with Gasteiger partial charge in [-0.1, -0.05) is 6.07 Å². The fourth-order valence-corrected chi connectivity index (χ4v) is 2.27. The Bertz CT molecular complexity index is 527. The molecule has 0 aliphatic heterocycles. The van der Waals surface area contributed by atoms with Crippen LogP contribution in [-0.4, -0.2) is 50.6 Å². The number of hydrogen-bond acceptors (Lipinski definition) is 4. The third-order valence-electron chi connectivity index (χ3n) is 3.61. The molecule has 0 spiro atoms. The third kappa shape index (κ3) is 5.81. The SMILES string of the molecule is CCN(CC)C(=O)CC(=O)NCCc1ccc(OC)c(OC)c1. The van der Waals surface area contributed by atoms with Gasteiger partial charge in [0.15, 0.2) is 11.5 Å². The van der Waals surface area contributed by atoms with Gasteiger partial charge in [-0.05, 0) is 38.0 Å². The molecule has 0 bridgehead atoms. The summed E-state index contributed by atoms with van der Waals surface area (Å²) in [7, 11) is 3.17. The van der Waals surface area contributed by atoms with E-state index >= 15 is 0 Å². The number of carbonyl (C=O) groups excluding carboxylic acids is 2. The van der Waals surface area contributed by atoms with E-state index < -0.39 is 0 Å². The molecule has 0 saturated heterocycles. The summed E-state index contributed by atoms with van der Waals surface area (Å²) < 4.78 is 10.4. The molecule has 6 nitrogen and oxygen atoms in total. The molecular formula is C17H26N2O4. The average molecular weight is 322 g/mol. The van der Waals surface area contributed by atoms with E-state index in [9.17, 15) is 9.59 Å². The number of methoxy groups -OCH3 is 2. The topological polar surface area (TPSA) is 67.9 Å². The molecule has 2 amide bonds. The third-order valence-corrected chi connectivity index (χ3v) is 3.61. The highest BCUT2D eigenvalue weighted by Crippen LogP contribution is 2.27.